The lowest BCUT2D eigenvalue weighted by Gasteiger charge is -2.12. The van der Waals surface area contributed by atoms with E-state index in [1.807, 2.05) is 30.3 Å². The van der Waals surface area contributed by atoms with Gasteiger partial charge in [0.25, 0.3) is 0 Å². The Morgan fingerprint density at radius 2 is 1.82 bits per heavy atom. The number of hydrogen-bond acceptors (Lipinski definition) is 3. The zero-order valence-corrected chi connectivity index (χ0v) is 18.3. The number of rotatable bonds is 8. The Morgan fingerprint density at radius 3 is 2.46 bits per heavy atom. The fraction of sp³-hybridized carbons (Fsp3) is 0.300. The van der Waals surface area contributed by atoms with Crippen LogP contribution >= 0.6 is 24.0 Å². The Balaban J connectivity index is 0.00000392. The molecular formula is C20H26FIN4O2. The van der Waals surface area contributed by atoms with Crippen LogP contribution in [0.5, 0.6) is 5.75 Å². The number of halogens is 2. The van der Waals surface area contributed by atoms with Gasteiger partial charge in [0.15, 0.2) is 5.96 Å². The van der Waals surface area contributed by atoms with Crippen molar-refractivity contribution >= 4 is 35.8 Å². The van der Waals surface area contributed by atoms with Crippen LogP contribution in [0, 0.1) is 5.82 Å². The van der Waals surface area contributed by atoms with Crippen molar-refractivity contribution in [1.29, 1.82) is 0 Å². The molecule has 8 heteroatoms. The molecule has 0 unspecified atom stereocenters. The molecule has 0 aromatic heterocycles. The van der Waals surface area contributed by atoms with Crippen LogP contribution in [-0.4, -0.2) is 39.1 Å². The van der Waals surface area contributed by atoms with Gasteiger partial charge in [0.1, 0.15) is 11.6 Å². The first-order valence-electron chi connectivity index (χ1n) is 8.69. The van der Waals surface area contributed by atoms with Gasteiger partial charge in [0.05, 0.1) is 13.7 Å². The van der Waals surface area contributed by atoms with Gasteiger partial charge in [-0.25, -0.2) is 4.39 Å². The number of carbonyl (C=O) groups is 1. The van der Waals surface area contributed by atoms with E-state index in [4.69, 9.17) is 4.74 Å². The zero-order valence-electron chi connectivity index (χ0n) is 16.0. The average Bonchev–Trinajstić information content (AvgIpc) is 2.69. The van der Waals surface area contributed by atoms with Crippen LogP contribution in [0.3, 0.4) is 0 Å². The summed E-state index contributed by atoms with van der Waals surface area (Å²) in [6.45, 7) is 1.13. The molecule has 2 rings (SSSR count). The van der Waals surface area contributed by atoms with Crippen molar-refractivity contribution in [2.45, 2.75) is 13.0 Å². The summed E-state index contributed by atoms with van der Waals surface area (Å²) in [5, 5.41) is 8.89. The molecule has 28 heavy (non-hydrogen) atoms. The summed E-state index contributed by atoms with van der Waals surface area (Å²) in [4.78, 5) is 16.0. The molecule has 3 N–H and O–H groups in total. The first kappa shape index (κ1) is 23.7. The van der Waals surface area contributed by atoms with E-state index in [0.717, 1.165) is 16.9 Å². The summed E-state index contributed by atoms with van der Waals surface area (Å²) in [5.74, 6) is 0.910. The minimum absolute atomic E-state index is 0. The van der Waals surface area contributed by atoms with E-state index in [9.17, 15) is 9.18 Å². The maximum Gasteiger partial charge on any atom is 0.239 e. The molecule has 2 aromatic rings. The minimum atomic E-state index is -0.247. The number of nitrogens with one attached hydrogen (secondary N) is 3. The maximum absolute atomic E-state index is 13.2. The van der Waals surface area contributed by atoms with Crippen molar-refractivity contribution in [3.05, 3.63) is 65.5 Å². The van der Waals surface area contributed by atoms with E-state index in [0.29, 0.717) is 25.5 Å². The number of aliphatic imine (C=N–C) groups is 1. The van der Waals surface area contributed by atoms with Gasteiger partial charge in [-0.3, -0.25) is 9.79 Å². The van der Waals surface area contributed by atoms with Gasteiger partial charge in [-0.1, -0.05) is 24.3 Å². The Kier molecular flexibility index (Phi) is 10.9. The third-order valence-corrected chi connectivity index (χ3v) is 3.88. The highest BCUT2D eigenvalue weighted by Crippen LogP contribution is 2.10. The number of carbonyl (C=O) groups excluding carboxylic acids is 1. The highest BCUT2D eigenvalue weighted by atomic mass is 127. The predicted octanol–water partition coefficient (Wildman–Crippen LogP) is 2.48. The van der Waals surface area contributed by atoms with Gasteiger partial charge in [-0.15, -0.1) is 24.0 Å². The molecule has 0 radical (unpaired) electrons. The molecule has 2 aromatic carbocycles. The number of hydrogen-bond donors (Lipinski definition) is 3. The third-order valence-electron chi connectivity index (χ3n) is 3.88. The quantitative estimate of drug-likeness (QED) is 0.296. The summed E-state index contributed by atoms with van der Waals surface area (Å²) >= 11 is 0. The minimum Gasteiger partial charge on any atom is -0.497 e. The fourth-order valence-corrected chi connectivity index (χ4v) is 2.41. The molecule has 0 saturated heterocycles. The Morgan fingerprint density at radius 1 is 1.07 bits per heavy atom. The van der Waals surface area contributed by atoms with Crippen LogP contribution in [-0.2, 0) is 17.8 Å². The van der Waals surface area contributed by atoms with Crippen LogP contribution in [0.4, 0.5) is 4.39 Å². The highest BCUT2D eigenvalue weighted by Gasteiger charge is 2.04. The molecule has 0 aliphatic carbocycles. The van der Waals surface area contributed by atoms with Crippen molar-refractivity contribution in [1.82, 2.24) is 16.0 Å². The fourth-order valence-electron chi connectivity index (χ4n) is 2.41. The summed E-state index contributed by atoms with van der Waals surface area (Å²) in [6, 6.07) is 14.0. The Labute approximate surface area is 182 Å². The van der Waals surface area contributed by atoms with Crippen LogP contribution in [0.1, 0.15) is 11.1 Å². The largest absolute Gasteiger partial charge is 0.497 e. The smallest absolute Gasteiger partial charge is 0.239 e. The summed E-state index contributed by atoms with van der Waals surface area (Å²) in [7, 11) is 3.24. The zero-order chi connectivity index (χ0) is 19.5. The summed E-state index contributed by atoms with van der Waals surface area (Å²) in [5.41, 5.74) is 1.89. The molecule has 152 valence electrons. The number of benzene rings is 2. The number of methoxy groups -OCH3 is 1. The number of ether oxygens (including phenoxy) is 1. The lowest BCUT2D eigenvalue weighted by molar-refractivity contribution is -0.120. The maximum atomic E-state index is 13.2. The number of amides is 1. The van der Waals surface area contributed by atoms with Crippen molar-refractivity contribution in [2.24, 2.45) is 4.99 Å². The van der Waals surface area contributed by atoms with Crippen molar-refractivity contribution in [2.75, 3.05) is 27.2 Å². The van der Waals surface area contributed by atoms with Crippen molar-refractivity contribution < 1.29 is 13.9 Å². The summed E-state index contributed by atoms with van der Waals surface area (Å²) in [6.07, 6.45) is 0.655. The lowest BCUT2D eigenvalue weighted by atomic mass is 10.1. The van der Waals surface area contributed by atoms with Crippen LogP contribution in [0.15, 0.2) is 53.5 Å². The molecule has 0 heterocycles. The van der Waals surface area contributed by atoms with Crippen molar-refractivity contribution in [3.63, 3.8) is 0 Å². The summed E-state index contributed by atoms with van der Waals surface area (Å²) < 4.78 is 18.3. The molecule has 6 nitrogen and oxygen atoms in total. The highest BCUT2D eigenvalue weighted by molar-refractivity contribution is 14.0. The van der Waals surface area contributed by atoms with Crippen LogP contribution < -0.4 is 20.7 Å². The van der Waals surface area contributed by atoms with Crippen LogP contribution in [0.25, 0.3) is 0 Å². The average molecular weight is 500 g/mol. The molecule has 0 atom stereocenters. The topological polar surface area (TPSA) is 74.8 Å². The molecule has 0 fully saturated rings. The van der Waals surface area contributed by atoms with E-state index < -0.39 is 0 Å². The third kappa shape index (κ3) is 8.55. The molecule has 0 saturated carbocycles. The van der Waals surface area contributed by atoms with Gasteiger partial charge >= 0.3 is 0 Å². The predicted molar refractivity (Wildman–Crippen MR) is 120 cm³/mol. The second-order valence-corrected chi connectivity index (χ2v) is 5.86. The monoisotopic (exact) mass is 500 g/mol. The van der Waals surface area contributed by atoms with Crippen LogP contribution in [0.2, 0.25) is 0 Å². The van der Waals surface area contributed by atoms with E-state index in [2.05, 4.69) is 20.9 Å². The normalized spacial score (nSPS) is 10.6. The Hall–Kier alpha value is -2.36. The van der Waals surface area contributed by atoms with Crippen molar-refractivity contribution in [3.8, 4) is 5.75 Å². The standard InChI is InChI=1S/C20H25FN4O2.HI/c1-22-20(23-11-10-15-4-3-5-17(21)12-15)25-14-19(26)24-13-16-6-8-18(27-2)9-7-16;/h3-9,12H,10-11,13-14H2,1-2H3,(H,24,26)(H2,22,23,25);1H. The number of guanidine groups is 1. The molecule has 0 spiro atoms. The van der Waals surface area contributed by atoms with Gasteiger partial charge in [-0.2, -0.15) is 0 Å². The SMILES string of the molecule is CN=C(NCCc1cccc(F)c1)NCC(=O)NCc1ccc(OC)cc1.I. The van der Waals surface area contributed by atoms with E-state index >= 15 is 0 Å². The molecule has 0 aliphatic heterocycles. The van der Waals surface area contributed by atoms with Gasteiger partial charge < -0.3 is 20.7 Å². The van der Waals surface area contributed by atoms with Gasteiger partial charge in [0, 0.05) is 20.1 Å². The first-order valence-corrected chi connectivity index (χ1v) is 8.69. The lowest BCUT2D eigenvalue weighted by Crippen LogP contribution is -2.43. The van der Waals surface area contributed by atoms with E-state index in [-0.39, 0.29) is 42.2 Å². The van der Waals surface area contributed by atoms with Gasteiger partial charge in [0.2, 0.25) is 5.91 Å². The molecule has 0 bridgehead atoms. The van der Waals surface area contributed by atoms with E-state index in [1.54, 1.807) is 20.2 Å². The van der Waals surface area contributed by atoms with E-state index in [1.165, 1.54) is 12.1 Å². The molecule has 0 aliphatic rings. The molecule has 1 amide bonds. The first-order chi connectivity index (χ1) is 13.1. The second-order valence-electron chi connectivity index (χ2n) is 5.86. The second kappa shape index (κ2) is 12.9. The van der Waals surface area contributed by atoms with Gasteiger partial charge in [-0.05, 0) is 41.8 Å². The molecular weight excluding hydrogens is 474 g/mol. The Bertz CT molecular complexity index is 769. The number of nitrogens with zero attached hydrogens (tertiary/aromatic N) is 1.